The van der Waals surface area contributed by atoms with E-state index in [1.165, 1.54) is 21.2 Å². The van der Waals surface area contributed by atoms with Crippen molar-refractivity contribution in [3.63, 3.8) is 0 Å². The van der Waals surface area contributed by atoms with E-state index in [9.17, 15) is 9.59 Å². The molecule has 4 aromatic rings. The molecule has 3 aliphatic rings. The summed E-state index contributed by atoms with van der Waals surface area (Å²) in [4.78, 5) is 28.4. The van der Waals surface area contributed by atoms with Crippen molar-refractivity contribution in [2.75, 3.05) is 0 Å². The number of carbonyl (C=O) groups is 2. The van der Waals surface area contributed by atoms with Crippen LogP contribution in [-0.2, 0) is 9.59 Å². The number of hydrogen-bond acceptors (Lipinski definition) is 2. The summed E-state index contributed by atoms with van der Waals surface area (Å²) in [5.41, 5.74) is 0.631. The maximum Gasteiger partial charge on any atom is 0.224 e. The maximum absolute atomic E-state index is 14.2. The molecule has 3 saturated carbocycles. The first-order chi connectivity index (χ1) is 23.7. The summed E-state index contributed by atoms with van der Waals surface area (Å²) < 4.78 is 0. The quantitative estimate of drug-likeness (QED) is 0.176. The Morgan fingerprint density at radius 1 is 0.417 bits per heavy atom. The number of rotatable bonds is 10. The predicted octanol–water partition coefficient (Wildman–Crippen LogP) is 7.13. The summed E-state index contributed by atoms with van der Waals surface area (Å²) in [5.74, 6) is 0.375. The van der Waals surface area contributed by atoms with Crippen LogP contribution in [0.3, 0.4) is 0 Å². The minimum absolute atomic E-state index is 0.00526. The molecular weight excluding hydrogens is 626 g/mol. The minimum atomic E-state index is -0.657. The highest BCUT2D eigenvalue weighted by Gasteiger charge is 2.43. The molecule has 2 N–H and O–H groups in total. The second-order valence-corrected chi connectivity index (χ2v) is 18.7. The van der Waals surface area contributed by atoms with E-state index in [1.54, 1.807) is 0 Å². The molecule has 4 aromatic carbocycles. The van der Waals surface area contributed by atoms with Crippen molar-refractivity contribution < 1.29 is 9.59 Å². The first kappa shape index (κ1) is 33.2. The largest absolute Gasteiger partial charge is 0.351 e. The van der Waals surface area contributed by atoms with E-state index in [2.05, 4.69) is 132 Å². The van der Waals surface area contributed by atoms with Gasteiger partial charge in [-0.2, -0.15) is 0 Å². The average molecular weight is 675 g/mol. The zero-order valence-electron chi connectivity index (χ0n) is 27.8. The predicted molar refractivity (Wildman–Crippen MR) is 203 cm³/mol. The Morgan fingerprint density at radius 3 is 1.04 bits per heavy atom. The molecule has 0 heterocycles. The van der Waals surface area contributed by atoms with Gasteiger partial charge in [0.2, 0.25) is 11.8 Å². The summed E-state index contributed by atoms with van der Waals surface area (Å²) in [5, 5.41) is 12.5. The molecular formula is C42H48N2O2P2. The maximum atomic E-state index is 14.2. The zero-order valence-corrected chi connectivity index (χ0v) is 29.6. The van der Waals surface area contributed by atoms with Crippen LogP contribution in [-0.4, -0.2) is 35.2 Å². The summed E-state index contributed by atoms with van der Waals surface area (Å²) in [6, 6.07) is 43.3. The third kappa shape index (κ3) is 7.46. The second kappa shape index (κ2) is 15.9. The Bertz CT molecular complexity index is 1420. The normalized spacial score (nSPS) is 25.6. The first-order valence-corrected chi connectivity index (χ1v) is 20.9. The first-order valence-electron chi connectivity index (χ1n) is 18.1. The van der Waals surface area contributed by atoms with Crippen LogP contribution in [0.4, 0.5) is 0 Å². The lowest BCUT2D eigenvalue weighted by Gasteiger charge is -2.36. The molecule has 0 bridgehead atoms. The molecule has 0 radical (unpaired) electrons. The van der Waals surface area contributed by atoms with Gasteiger partial charge >= 0.3 is 0 Å². The van der Waals surface area contributed by atoms with Gasteiger partial charge in [0.25, 0.3) is 0 Å². The van der Waals surface area contributed by atoms with Crippen LogP contribution in [0.2, 0.25) is 0 Å². The lowest BCUT2D eigenvalue weighted by atomic mass is 9.89. The van der Waals surface area contributed by atoms with Crippen molar-refractivity contribution in [1.82, 2.24) is 10.6 Å². The highest BCUT2D eigenvalue weighted by molar-refractivity contribution is 7.74. The van der Waals surface area contributed by atoms with Crippen LogP contribution in [0, 0.1) is 11.8 Å². The van der Waals surface area contributed by atoms with Gasteiger partial charge < -0.3 is 10.6 Å². The van der Waals surface area contributed by atoms with Crippen molar-refractivity contribution in [3.05, 3.63) is 121 Å². The lowest BCUT2D eigenvalue weighted by Crippen LogP contribution is -2.56. The number of hydrogen-bond donors (Lipinski definition) is 2. The van der Waals surface area contributed by atoms with Gasteiger partial charge in [-0.1, -0.05) is 147 Å². The van der Waals surface area contributed by atoms with E-state index in [0.717, 1.165) is 64.2 Å². The Balaban J connectivity index is 1.06. The van der Waals surface area contributed by atoms with Gasteiger partial charge in [-0.05, 0) is 86.9 Å². The minimum Gasteiger partial charge on any atom is -0.351 e. The highest BCUT2D eigenvalue weighted by Crippen LogP contribution is 2.51. The van der Waals surface area contributed by atoms with Crippen molar-refractivity contribution in [2.45, 2.75) is 87.6 Å². The van der Waals surface area contributed by atoms with Crippen LogP contribution in [0.15, 0.2) is 121 Å². The number of carbonyl (C=O) groups excluding carboxylic acids is 2. The molecule has 6 heteroatoms. The van der Waals surface area contributed by atoms with Crippen LogP contribution in [0.5, 0.6) is 0 Å². The molecule has 4 nitrogen and oxygen atoms in total. The summed E-state index contributed by atoms with van der Waals surface area (Å²) >= 11 is 0. The molecule has 0 saturated heterocycles. The van der Waals surface area contributed by atoms with Gasteiger partial charge in [0, 0.05) is 23.9 Å². The fourth-order valence-electron chi connectivity index (χ4n) is 8.59. The van der Waals surface area contributed by atoms with E-state index in [-0.39, 0.29) is 35.7 Å². The lowest BCUT2D eigenvalue weighted by molar-refractivity contribution is -0.128. The Morgan fingerprint density at radius 2 is 0.729 bits per heavy atom. The molecule has 3 fully saturated rings. The number of amides is 2. The highest BCUT2D eigenvalue weighted by atomic mass is 31.1. The van der Waals surface area contributed by atoms with E-state index < -0.39 is 15.8 Å². The second-order valence-electron chi connectivity index (χ2n) is 13.8. The molecule has 48 heavy (non-hydrogen) atoms. The molecule has 6 atom stereocenters. The van der Waals surface area contributed by atoms with Crippen molar-refractivity contribution in [2.24, 2.45) is 11.8 Å². The van der Waals surface area contributed by atoms with Crippen LogP contribution >= 0.6 is 15.8 Å². The molecule has 0 aliphatic heterocycles. The Hall–Kier alpha value is -3.32. The number of nitrogens with one attached hydrogen (secondary N) is 2. The average Bonchev–Trinajstić information content (AvgIpc) is 3.82. The Labute approximate surface area is 289 Å². The third-order valence-electron chi connectivity index (χ3n) is 10.9. The Kier molecular flexibility index (Phi) is 11.0. The SMILES string of the molecule is O=C(N[C@@H]1CCCC[C@H]1NC(=O)[C@@H]1CCC[C@@H]1P(c1ccccc1)c1ccccc1)[C@@H]1CCC[C@@H]1P(c1ccccc1)c1ccccc1. The van der Waals surface area contributed by atoms with Crippen molar-refractivity contribution >= 4 is 48.9 Å². The van der Waals surface area contributed by atoms with Crippen LogP contribution in [0.25, 0.3) is 0 Å². The summed E-state index contributed by atoms with van der Waals surface area (Å²) in [6.45, 7) is 0. The third-order valence-corrected chi connectivity index (χ3v) is 16.8. The summed E-state index contributed by atoms with van der Waals surface area (Å²) in [7, 11) is -1.31. The molecule has 0 spiro atoms. The molecule has 248 valence electrons. The van der Waals surface area contributed by atoms with E-state index >= 15 is 0 Å². The fourth-order valence-corrected chi connectivity index (χ4v) is 14.9. The summed E-state index contributed by atoms with van der Waals surface area (Å²) in [6.07, 6.45) is 10.2. The number of benzene rings is 4. The van der Waals surface area contributed by atoms with Gasteiger partial charge in [0.05, 0.1) is 0 Å². The van der Waals surface area contributed by atoms with Gasteiger partial charge in [-0.25, -0.2) is 0 Å². The van der Waals surface area contributed by atoms with Crippen LogP contribution in [0.1, 0.15) is 64.2 Å². The van der Waals surface area contributed by atoms with E-state index in [0.29, 0.717) is 11.3 Å². The van der Waals surface area contributed by atoms with E-state index in [4.69, 9.17) is 0 Å². The molecule has 7 rings (SSSR count). The van der Waals surface area contributed by atoms with Gasteiger partial charge in [0.1, 0.15) is 0 Å². The van der Waals surface area contributed by atoms with Gasteiger partial charge in [-0.15, -0.1) is 0 Å². The van der Waals surface area contributed by atoms with Crippen molar-refractivity contribution in [3.8, 4) is 0 Å². The molecule has 0 aromatic heterocycles. The smallest absolute Gasteiger partial charge is 0.224 e. The zero-order chi connectivity index (χ0) is 32.7. The van der Waals surface area contributed by atoms with Gasteiger partial charge in [0.15, 0.2) is 0 Å². The van der Waals surface area contributed by atoms with Crippen LogP contribution < -0.4 is 31.9 Å². The fraction of sp³-hybridized carbons (Fsp3) is 0.381. The molecule has 2 amide bonds. The molecule has 0 unspecified atom stereocenters. The van der Waals surface area contributed by atoms with Crippen molar-refractivity contribution in [1.29, 1.82) is 0 Å². The topological polar surface area (TPSA) is 58.2 Å². The monoisotopic (exact) mass is 674 g/mol. The van der Waals surface area contributed by atoms with E-state index in [1.807, 2.05) is 0 Å². The standard InChI is InChI=1S/C42H48N2O2P2/c45-41(35-25-15-29-39(35)47(31-17-5-1-6-18-31)32-19-7-2-8-20-32)43-37-27-13-14-28-38(37)44-42(46)36-26-16-30-40(36)48(33-21-9-3-10-22-33)34-23-11-4-12-24-34/h1-12,17-24,35-40H,13-16,25-30H2,(H,43,45)(H,44,46)/t35-,36-,37-,38-,39+,40+/m1/s1. The van der Waals surface area contributed by atoms with Gasteiger partial charge in [-0.3, -0.25) is 9.59 Å². The molecule has 3 aliphatic carbocycles.